The molecular weight excluding hydrogens is 284 g/mol. The van der Waals surface area contributed by atoms with Crippen molar-refractivity contribution in [1.82, 2.24) is 10.0 Å². The van der Waals surface area contributed by atoms with E-state index in [1.165, 1.54) is 16.1 Å². The van der Waals surface area contributed by atoms with Gasteiger partial charge >= 0.3 is 0 Å². The van der Waals surface area contributed by atoms with E-state index in [1.807, 2.05) is 24.3 Å². The molecule has 6 nitrogen and oxygen atoms in total. The van der Waals surface area contributed by atoms with E-state index in [4.69, 9.17) is 9.94 Å². The Morgan fingerprint density at radius 2 is 2.18 bits per heavy atom. The van der Waals surface area contributed by atoms with E-state index in [0.717, 1.165) is 17.4 Å². The summed E-state index contributed by atoms with van der Waals surface area (Å²) < 4.78 is 6.69. The lowest BCUT2D eigenvalue weighted by atomic mass is 10.2. The summed E-state index contributed by atoms with van der Waals surface area (Å²) in [5.41, 5.74) is 2.53. The fraction of sp³-hybridized carbons (Fsp3) is 0.125. The molecule has 22 heavy (non-hydrogen) atoms. The molecule has 1 amide bonds. The summed E-state index contributed by atoms with van der Waals surface area (Å²) in [6.45, 7) is 0.393. The van der Waals surface area contributed by atoms with Gasteiger partial charge in [-0.3, -0.25) is 14.8 Å². The van der Waals surface area contributed by atoms with Crippen LogP contribution in [-0.2, 0) is 11.3 Å². The number of hydroxylamine groups is 1. The maximum atomic E-state index is 12.3. The normalized spacial score (nSPS) is 10.6. The highest BCUT2D eigenvalue weighted by Gasteiger charge is 2.03. The summed E-state index contributed by atoms with van der Waals surface area (Å²) >= 11 is 0. The summed E-state index contributed by atoms with van der Waals surface area (Å²) in [6, 6.07) is 10.8. The predicted octanol–water partition coefficient (Wildman–Crippen LogP) is 1.42. The zero-order valence-corrected chi connectivity index (χ0v) is 12.0. The molecule has 2 rings (SSSR count). The van der Waals surface area contributed by atoms with Crippen LogP contribution in [0.3, 0.4) is 0 Å². The number of amides is 1. The number of hydrogen-bond donors (Lipinski definition) is 2. The van der Waals surface area contributed by atoms with Crippen LogP contribution in [0.1, 0.15) is 11.1 Å². The van der Waals surface area contributed by atoms with Crippen molar-refractivity contribution >= 4 is 12.0 Å². The van der Waals surface area contributed by atoms with E-state index in [0.29, 0.717) is 12.1 Å². The standard InChI is InChI=1S/C16H16N2O4/c1-22-14-6-2-4-12(10-14)11-18-9-3-5-13(16(18)20)7-8-15(19)17-21/h2-10,21H,11H2,1H3,(H,17,19)/b8-7+. The highest BCUT2D eigenvalue weighted by Crippen LogP contribution is 2.13. The van der Waals surface area contributed by atoms with Crippen LogP contribution >= 0.6 is 0 Å². The SMILES string of the molecule is COc1cccc(Cn2cccc(/C=C/C(=O)NO)c2=O)c1. The van der Waals surface area contributed by atoms with Gasteiger partial charge in [0.05, 0.1) is 13.7 Å². The van der Waals surface area contributed by atoms with Crippen molar-refractivity contribution in [3.8, 4) is 5.75 Å². The summed E-state index contributed by atoms with van der Waals surface area (Å²) in [6.07, 6.45) is 4.12. The second-order valence-electron chi connectivity index (χ2n) is 4.56. The van der Waals surface area contributed by atoms with E-state index in [-0.39, 0.29) is 5.56 Å². The van der Waals surface area contributed by atoms with Crippen LogP contribution in [0.15, 0.2) is 53.5 Å². The largest absolute Gasteiger partial charge is 0.497 e. The van der Waals surface area contributed by atoms with Crippen molar-refractivity contribution in [2.45, 2.75) is 6.54 Å². The highest BCUT2D eigenvalue weighted by molar-refractivity contribution is 5.90. The van der Waals surface area contributed by atoms with Crippen LogP contribution < -0.4 is 15.8 Å². The highest BCUT2D eigenvalue weighted by atomic mass is 16.5. The first kappa shape index (κ1) is 15.5. The number of methoxy groups -OCH3 is 1. The molecule has 0 atom stereocenters. The summed E-state index contributed by atoms with van der Waals surface area (Å²) in [7, 11) is 1.59. The van der Waals surface area contributed by atoms with Gasteiger partial charge in [-0.2, -0.15) is 0 Å². The molecule has 0 saturated heterocycles. The summed E-state index contributed by atoms with van der Waals surface area (Å²) in [5.74, 6) is 0.0313. The molecule has 0 saturated carbocycles. The molecule has 0 unspecified atom stereocenters. The molecule has 2 aromatic rings. The van der Waals surface area contributed by atoms with Gasteiger partial charge < -0.3 is 9.30 Å². The van der Waals surface area contributed by atoms with Gasteiger partial charge in [-0.25, -0.2) is 5.48 Å². The molecule has 1 aromatic carbocycles. The lowest BCUT2D eigenvalue weighted by Gasteiger charge is -2.08. The zero-order valence-electron chi connectivity index (χ0n) is 12.0. The summed E-state index contributed by atoms with van der Waals surface area (Å²) in [5, 5.41) is 8.43. The van der Waals surface area contributed by atoms with E-state index >= 15 is 0 Å². The predicted molar refractivity (Wildman–Crippen MR) is 81.8 cm³/mol. The Morgan fingerprint density at radius 1 is 1.36 bits per heavy atom. The average Bonchev–Trinajstić information content (AvgIpc) is 2.55. The minimum atomic E-state index is -0.692. The van der Waals surface area contributed by atoms with Gasteiger partial charge in [-0.05, 0) is 35.9 Å². The fourth-order valence-electron chi connectivity index (χ4n) is 1.98. The molecule has 0 aliphatic heterocycles. The molecule has 6 heteroatoms. The third-order valence-corrected chi connectivity index (χ3v) is 3.06. The van der Waals surface area contributed by atoms with Crippen molar-refractivity contribution in [2.75, 3.05) is 7.11 Å². The van der Waals surface area contributed by atoms with Gasteiger partial charge in [0, 0.05) is 17.8 Å². The van der Waals surface area contributed by atoms with Crippen LogP contribution in [0.2, 0.25) is 0 Å². The average molecular weight is 300 g/mol. The summed E-state index contributed by atoms with van der Waals surface area (Å²) in [4.78, 5) is 23.3. The van der Waals surface area contributed by atoms with Gasteiger partial charge in [0.1, 0.15) is 5.75 Å². The number of nitrogens with one attached hydrogen (secondary N) is 1. The van der Waals surface area contributed by atoms with Crippen molar-refractivity contribution in [1.29, 1.82) is 0 Å². The number of carbonyl (C=O) groups is 1. The number of carbonyl (C=O) groups excluding carboxylic acids is 1. The van der Waals surface area contributed by atoms with Gasteiger partial charge in [0.25, 0.3) is 11.5 Å². The fourth-order valence-corrected chi connectivity index (χ4v) is 1.98. The minimum Gasteiger partial charge on any atom is -0.497 e. The number of hydrogen-bond acceptors (Lipinski definition) is 4. The van der Waals surface area contributed by atoms with Crippen molar-refractivity contribution in [2.24, 2.45) is 0 Å². The van der Waals surface area contributed by atoms with Gasteiger partial charge in [-0.1, -0.05) is 12.1 Å². The monoisotopic (exact) mass is 300 g/mol. The van der Waals surface area contributed by atoms with E-state index in [1.54, 1.807) is 25.4 Å². The molecule has 0 fully saturated rings. The van der Waals surface area contributed by atoms with Crippen molar-refractivity contribution in [3.63, 3.8) is 0 Å². The van der Waals surface area contributed by atoms with Crippen molar-refractivity contribution in [3.05, 3.63) is 70.2 Å². The van der Waals surface area contributed by atoms with Gasteiger partial charge in [0.15, 0.2) is 0 Å². The third kappa shape index (κ3) is 3.83. The Hall–Kier alpha value is -2.86. The van der Waals surface area contributed by atoms with Crippen LogP contribution in [0, 0.1) is 0 Å². The molecule has 0 radical (unpaired) electrons. The van der Waals surface area contributed by atoms with Crippen LogP contribution in [0.4, 0.5) is 0 Å². The lowest BCUT2D eigenvalue weighted by Crippen LogP contribution is -2.22. The molecule has 1 aromatic heterocycles. The maximum Gasteiger partial charge on any atom is 0.267 e. The number of aromatic nitrogens is 1. The topological polar surface area (TPSA) is 80.6 Å². The number of benzene rings is 1. The quantitative estimate of drug-likeness (QED) is 0.497. The van der Waals surface area contributed by atoms with Crippen LogP contribution in [0.5, 0.6) is 5.75 Å². The molecule has 0 aliphatic rings. The molecular formula is C16H16N2O4. The lowest BCUT2D eigenvalue weighted by molar-refractivity contribution is -0.124. The van der Waals surface area contributed by atoms with Gasteiger partial charge in [-0.15, -0.1) is 0 Å². The number of pyridine rings is 1. The maximum absolute atomic E-state index is 12.3. The Kier molecular flexibility index (Phi) is 5.11. The smallest absolute Gasteiger partial charge is 0.267 e. The second-order valence-corrected chi connectivity index (χ2v) is 4.56. The minimum absolute atomic E-state index is 0.229. The molecule has 1 heterocycles. The molecule has 114 valence electrons. The Morgan fingerprint density at radius 3 is 2.91 bits per heavy atom. The Bertz CT molecular complexity index is 750. The molecule has 0 spiro atoms. The molecule has 0 bridgehead atoms. The molecule has 0 aliphatic carbocycles. The molecule has 2 N–H and O–H groups in total. The first-order chi connectivity index (χ1) is 10.6. The van der Waals surface area contributed by atoms with Crippen LogP contribution in [-0.4, -0.2) is 22.8 Å². The Balaban J connectivity index is 2.27. The van der Waals surface area contributed by atoms with E-state index < -0.39 is 5.91 Å². The number of ether oxygens (including phenoxy) is 1. The number of nitrogens with zero attached hydrogens (tertiary/aromatic N) is 1. The second kappa shape index (κ2) is 7.24. The number of rotatable bonds is 5. The first-order valence-corrected chi connectivity index (χ1v) is 6.58. The van der Waals surface area contributed by atoms with E-state index in [2.05, 4.69) is 0 Å². The Labute approximate surface area is 127 Å². The van der Waals surface area contributed by atoms with Crippen LogP contribution in [0.25, 0.3) is 6.08 Å². The van der Waals surface area contributed by atoms with E-state index in [9.17, 15) is 9.59 Å². The van der Waals surface area contributed by atoms with Crippen molar-refractivity contribution < 1.29 is 14.7 Å². The third-order valence-electron chi connectivity index (χ3n) is 3.06. The van der Waals surface area contributed by atoms with Gasteiger partial charge in [0.2, 0.25) is 0 Å². The zero-order chi connectivity index (χ0) is 15.9. The first-order valence-electron chi connectivity index (χ1n) is 6.58.